The largest absolute Gasteiger partial charge is 0.478 e. The van der Waals surface area contributed by atoms with E-state index >= 15 is 0 Å². The normalized spacial score (nSPS) is 18.2. The Labute approximate surface area is 109 Å². The molecule has 1 unspecified atom stereocenters. The van der Waals surface area contributed by atoms with Crippen LogP contribution in [0.1, 0.15) is 16.8 Å². The van der Waals surface area contributed by atoms with Gasteiger partial charge in [0.25, 0.3) is 5.69 Å². The number of nitro benzene ring substituents is 1. The van der Waals surface area contributed by atoms with Crippen LogP contribution >= 0.6 is 0 Å². The number of benzene rings is 1. The summed E-state index contributed by atoms with van der Waals surface area (Å²) < 4.78 is 5.22. The maximum Gasteiger partial charge on any atom is 0.337 e. The number of nitrogens with zero attached hydrogens (tertiary/aromatic N) is 1. The molecule has 1 aromatic rings. The predicted molar refractivity (Wildman–Crippen MR) is 67.5 cm³/mol. The molecule has 1 aliphatic heterocycles. The summed E-state index contributed by atoms with van der Waals surface area (Å²) in [4.78, 5) is 21.2. The summed E-state index contributed by atoms with van der Waals surface area (Å²) in [5.74, 6) is -0.805. The second-order valence-corrected chi connectivity index (χ2v) is 4.40. The first kappa shape index (κ1) is 13.3. The lowest BCUT2D eigenvalue weighted by molar-refractivity contribution is -0.384. The summed E-state index contributed by atoms with van der Waals surface area (Å²) in [5.41, 5.74) is 0.174. The smallest absolute Gasteiger partial charge is 0.337 e. The first-order valence-electron chi connectivity index (χ1n) is 5.91. The van der Waals surface area contributed by atoms with Crippen LogP contribution in [0.3, 0.4) is 0 Å². The molecule has 0 radical (unpaired) electrons. The molecule has 1 fully saturated rings. The number of non-ortho nitro benzene ring substituents is 1. The van der Waals surface area contributed by atoms with Gasteiger partial charge in [0.15, 0.2) is 0 Å². The zero-order chi connectivity index (χ0) is 13.8. The Kier molecular flexibility index (Phi) is 3.96. The number of carboxylic acids is 1. The molecule has 102 valence electrons. The fraction of sp³-hybridized carbons (Fsp3) is 0.417. The van der Waals surface area contributed by atoms with E-state index in [1.54, 1.807) is 0 Å². The molecule has 2 N–H and O–H groups in total. The van der Waals surface area contributed by atoms with Crippen molar-refractivity contribution in [1.82, 2.24) is 0 Å². The van der Waals surface area contributed by atoms with Crippen LogP contribution in [-0.4, -0.2) is 35.8 Å². The lowest BCUT2D eigenvalue weighted by atomic mass is 10.1. The summed E-state index contributed by atoms with van der Waals surface area (Å²) in [6, 6.07) is 3.68. The highest BCUT2D eigenvalue weighted by Crippen LogP contribution is 2.23. The molecule has 1 aliphatic rings. The monoisotopic (exact) mass is 266 g/mol. The third kappa shape index (κ3) is 3.19. The molecule has 0 aromatic heterocycles. The number of hydrogen-bond donors (Lipinski definition) is 2. The summed E-state index contributed by atoms with van der Waals surface area (Å²) in [6.07, 6.45) is 0.907. The van der Waals surface area contributed by atoms with E-state index in [1.807, 2.05) is 0 Å². The predicted octanol–water partition coefficient (Wildman–Crippen LogP) is 1.74. The zero-order valence-electron chi connectivity index (χ0n) is 10.2. The number of aromatic carboxylic acids is 1. The van der Waals surface area contributed by atoms with Crippen molar-refractivity contribution < 1.29 is 19.6 Å². The van der Waals surface area contributed by atoms with Crippen molar-refractivity contribution >= 4 is 17.3 Å². The minimum absolute atomic E-state index is 0.0320. The average molecular weight is 266 g/mol. The van der Waals surface area contributed by atoms with E-state index in [2.05, 4.69) is 5.32 Å². The third-order valence-electron chi connectivity index (χ3n) is 3.05. The van der Waals surface area contributed by atoms with Gasteiger partial charge in [-0.05, 0) is 12.5 Å². The van der Waals surface area contributed by atoms with Crippen molar-refractivity contribution in [2.45, 2.75) is 6.42 Å². The van der Waals surface area contributed by atoms with Crippen molar-refractivity contribution in [3.05, 3.63) is 33.9 Å². The van der Waals surface area contributed by atoms with Crippen molar-refractivity contribution in [2.75, 3.05) is 25.1 Å². The van der Waals surface area contributed by atoms with Gasteiger partial charge in [0, 0.05) is 31.2 Å². The van der Waals surface area contributed by atoms with E-state index in [1.165, 1.54) is 18.2 Å². The lowest BCUT2D eigenvalue weighted by Crippen LogP contribution is -2.16. The summed E-state index contributed by atoms with van der Waals surface area (Å²) in [6.45, 7) is 1.87. The number of hydrogen-bond acceptors (Lipinski definition) is 5. The number of anilines is 1. The Hall–Kier alpha value is -2.15. The highest BCUT2D eigenvalue weighted by Gasteiger charge is 2.19. The number of carboxylic acid groups (broad SMARTS) is 1. The van der Waals surface area contributed by atoms with Crippen LogP contribution in [0, 0.1) is 16.0 Å². The van der Waals surface area contributed by atoms with Crippen molar-refractivity contribution in [2.24, 2.45) is 5.92 Å². The summed E-state index contributed by atoms with van der Waals surface area (Å²) >= 11 is 0. The van der Waals surface area contributed by atoms with E-state index in [0.717, 1.165) is 6.42 Å². The van der Waals surface area contributed by atoms with Gasteiger partial charge in [-0.15, -0.1) is 0 Å². The quantitative estimate of drug-likeness (QED) is 0.621. The molecule has 2 rings (SSSR count). The summed E-state index contributed by atoms with van der Waals surface area (Å²) in [5, 5.41) is 22.7. The van der Waals surface area contributed by atoms with E-state index in [4.69, 9.17) is 9.84 Å². The first-order valence-corrected chi connectivity index (χ1v) is 5.91. The number of ether oxygens (including phenoxy) is 1. The van der Waals surface area contributed by atoms with Gasteiger partial charge in [0.1, 0.15) is 0 Å². The van der Waals surface area contributed by atoms with Crippen LogP contribution < -0.4 is 5.32 Å². The Morgan fingerprint density at radius 1 is 1.58 bits per heavy atom. The van der Waals surface area contributed by atoms with Crippen LogP contribution in [0.2, 0.25) is 0 Å². The zero-order valence-corrected chi connectivity index (χ0v) is 10.2. The molecule has 19 heavy (non-hydrogen) atoms. The first-order chi connectivity index (χ1) is 9.08. The van der Waals surface area contributed by atoms with Gasteiger partial charge in [-0.1, -0.05) is 0 Å². The number of rotatable bonds is 5. The van der Waals surface area contributed by atoms with Gasteiger partial charge in [-0.3, -0.25) is 10.1 Å². The molecule has 7 nitrogen and oxygen atoms in total. The Bertz CT molecular complexity index is 497. The minimum Gasteiger partial charge on any atom is -0.478 e. The van der Waals surface area contributed by atoms with Gasteiger partial charge in [-0.25, -0.2) is 4.79 Å². The second-order valence-electron chi connectivity index (χ2n) is 4.40. The van der Waals surface area contributed by atoms with Crippen LogP contribution in [0.4, 0.5) is 11.4 Å². The molecule has 0 bridgehead atoms. The number of carbonyl (C=O) groups is 1. The number of nitro groups is 1. The van der Waals surface area contributed by atoms with Crippen LogP contribution in [0.5, 0.6) is 0 Å². The van der Waals surface area contributed by atoms with Gasteiger partial charge >= 0.3 is 5.97 Å². The van der Waals surface area contributed by atoms with Gasteiger partial charge in [0.2, 0.25) is 0 Å². The molecule has 1 heterocycles. The molecule has 1 atom stereocenters. The molecule has 1 aromatic carbocycles. The Morgan fingerprint density at radius 2 is 2.37 bits per heavy atom. The van der Waals surface area contributed by atoms with E-state index < -0.39 is 10.9 Å². The molecule has 7 heteroatoms. The lowest BCUT2D eigenvalue weighted by Gasteiger charge is -2.12. The molecule has 0 aliphatic carbocycles. The fourth-order valence-corrected chi connectivity index (χ4v) is 1.98. The standard InChI is InChI=1S/C12H14N2O5/c15-12(16)10-2-1-9(14(17)18)5-11(10)13-6-8-3-4-19-7-8/h1-2,5,8,13H,3-4,6-7H2,(H,15,16). The van der Waals surface area contributed by atoms with Gasteiger partial charge in [0.05, 0.1) is 22.8 Å². The minimum atomic E-state index is -1.11. The topological polar surface area (TPSA) is 102 Å². The molecule has 0 spiro atoms. The highest BCUT2D eigenvalue weighted by molar-refractivity contribution is 5.94. The average Bonchev–Trinajstić information content (AvgIpc) is 2.88. The molecule has 0 amide bonds. The summed E-state index contributed by atoms with van der Waals surface area (Å²) in [7, 11) is 0. The fourth-order valence-electron chi connectivity index (χ4n) is 1.98. The molecular formula is C12H14N2O5. The van der Waals surface area contributed by atoms with E-state index in [9.17, 15) is 14.9 Å². The Balaban J connectivity index is 2.16. The molecule has 0 saturated carbocycles. The van der Waals surface area contributed by atoms with Gasteiger partial charge < -0.3 is 15.2 Å². The highest BCUT2D eigenvalue weighted by atomic mass is 16.6. The molecule has 1 saturated heterocycles. The molecular weight excluding hydrogens is 252 g/mol. The van der Waals surface area contributed by atoms with Crippen LogP contribution in [-0.2, 0) is 4.74 Å². The second kappa shape index (κ2) is 5.66. The van der Waals surface area contributed by atoms with Gasteiger partial charge in [-0.2, -0.15) is 0 Å². The van der Waals surface area contributed by atoms with Crippen LogP contribution in [0.25, 0.3) is 0 Å². The van der Waals surface area contributed by atoms with Crippen molar-refractivity contribution in [1.29, 1.82) is 0 Å². The van der Waals surface area contributed by atoms with E-state index in [0.29, 0.717) is 25.7 Å². The maximum atomic E-state index is 11.1. The van der Waals surface area contributed by atoms with E-state index in [-0.39, 0.29) is 16.9 Å². The SMILES string of the molecule is O=C(O)c1ccc([N+](=O)[O-])cc1NCC1CCOC1. The third-order valence-corrected chi connectivity index (χ3v) is 3.05. The number of nitrogens with one attached hydrogen (secondary N) is 1. The Morgan fingerprint density at radius 3 is 2.95 bits per heavy atom. The van der Waals surface area contributed by atoms with Crippen molar-refractivity contribution in [3.63, 3.8) is 0 Å². The van der Waals surface area contributed by atoms with Crippen LogP contribution in [0.15, 0.2) is 18.2 Å². The maximum absolute atomic E-state index is 11.1. The van der Waals surface area contributed by atoms with Crippen molar-refractivity contribution in [3.8, 4) is 0 Å².